The Morgan fingerprint density at radius 1 is 1.15 bits per heavy atom. The molecule has 0 amide bonds. The van der Waals surface area contributed by atoms with Gasteiger partial charge in [0, 0.05) is 21.0 Å². The van der Waals surface area contributed by atoms with Crippen molar-refractivity contribution in [3.8, 4) is 0 Å². The summed E-state index contributed by atoms with van der Waals surface area (Å²) in [6, 6.07) is 8.18. The normalized spacial score (nSPS) is 12.6. The van der Waals surface area contributed by atoms with E-state index >= 15 is 0 Å². The molecule has 108 valence electrons. The molecule has 1 N–H and O–H groups in total. The Hall–Kier alpha value is -0.540. The van der Waals surface area contributed by atoms with Gasteiger partial charge in [-0.3, -0.25) is 0 Å². The zero-order valence-electron chi connectivity index (χ0n) is 11.7. The van der Waals surface area contributed by atoms with Gasteiger partial charge in [0.25, 0.3) is 0 Å². The molecule has 1 unspecified atom stereocenters. The number of benzene rings is 1. The van der Waals surface area contributed by atoms with Gasteiger partial charge in [-0.05, 0) is 60.2 Å². The van der Waals surface area contributed by atoms with Crippen molar-refractivity contribution >= 4 is 34.5 Å². The predicted octanol–water partition coefficient (Wildman–Crippen LogP) is 5.51. The lowest BCUT2D eigenvalue weighted by Gasteiger charge is -2.19. The lowest BCUT2D eigenvalue weighted by molar-refractivity contribution is 0.555. The Labute approximate surface area is 134 Å². The highest BCUT2D eigenvalue weighted by molar-refractivity contribution is 7.10. The smallest absolute Gasteiger partial charge is 0.0458 e. The maximum Gasteiger partial charge on any atom is 0.0458 e. The number of hydrogen-bond donors (Lipinski definition) is 1. The minimum absolute atomic E-state index is 0.297. The quantitative estimate of drug-likeness (QED) is 0.737. The minimum Gasteiger partial charge on any atom is -0.309 e. The molecule has 2 rings (SSSR count). The number of likely N-dealkylation sites (N-methyl/N-ethyl adjacent to an activating group) is 1. The third-order valence-corrected chi connectivity index (χ3v) is 5.04. The molecule has 0 fully saturated rings. The molecule has 1 atom stereocenters. The van der Waals surface area contributed by atoms with Crippen LogP contribution in [0, 0.1) is 0 Å². The van der Waals surface area contributed by atoms with Crippen molar-refractivity contribution in [1.29, 1.82) is 0 Å². The molecule has 0 bridgehead atoms. The highest BCUT2D eigenvalue weighted by Gasteiger charge is 2.17. The molecule has 20 heavy (non-hydrogen) atoms. The fourth-order valence-corrected chi connectivity index (χ4v) is 3.83. The Bertz CT molecular complexity index is 565. The lowest BCUT2D eigenvalue weighted by atomic mass is 10.0. The van der Waals surface area contributed by atoms with Crippen LogP contribution in [0.3, 0.4) is 0 Å². The van der Waals surface area contributed by atoms with Crippen LogP contribution in [0.25, 0.3) is 0 Å². The monoisotopic (exact) mass is 327 g/mol. The van der Waals surface area contributed by atoms with Gasteiger partial charge in [0.05, 0.1) is 0 Å². The van der Waals surface area contributed by atoms with Crippen molar-refractivity contribution in [3.63, 3.8) is 0 Å². The largest absolute Gasteiger partial charge is 0.309 e. The molecule has 4 heteroatoms. The number of halogens is 2. The Kier molecular flexibility index (Phi) is 5.91. The van der Waals surface area contributed by atoms with E-state index in [2.05, 4.69) is 30.6 Å². The van der Waals surface area contributed by atoms with Crippen LogP contribution in [0.4, 0.5) is 0 Å². The topological polar surface area (TPSA) is 12.0 Å². The molecule has 0 radical (unpaired) electrons. The zero-order chi connectivity index (χ0) is 14.5. The van der Waals surface area contributed by atoms with E-state index < -0.39 is 0 Å². The van der Waals surface area contributed by atoms with Crippen molar-refractivity contribution in [2.45, 2.75) is 32.7 Å². The van der Waals surface area contributed by atoms with Gasteiger partial charge >= 0.3 is 0 Å². The average Bonchev–Trinajstić information content (AvgIpc) is 2.90. The van der Waals surface area contributed by atoms with Crippen molar-refractivity contribution in [2.24, 2.45) is 0 Å². The third-order valence-electron chi connectivity index (χ3n) is 3.36. The maximum absolute atomic E-state index is 6.29. The lowest BCUT2D eigenvalue weighted by Crippen LogP contribution is -2.23. The molecule has 0 saturated heterocycles. The van der Waals surface area contributed by atoms with Crippen LogP contribution in [0.1, 0.15) is 35.9 Å². The highest BCUT2D eigenvalue weighted by atomic mass is 35.5. The van der Waals surface area contributed by atoms with Gasteiger partial charge in [-0.2, -0.15) is 0 Å². The molecule has 0 aliphatic carbocycles. The molecule has 1 aromatic carbocycles. The first-order valence-electron chi connectivity index (χ1n) is 6.89. The van der Waals surface area contributed by atoms with E-state index in [4.69, 9.17) is 23.2 Å². The molecule has 2 aromatic rings. The fourth-order valence-electron chi connectivity index (χ4n) is 2.37. The Morgan fingerprint density at radius 2 is 1.95 bits per heavy atom. The van der Waals surface area contributed by atoms with Crippen molar-refractivity contribution < 1.29 is 0 Å². The zero-order valence-corrected chi connectivity index (χ0v) is 14.1. The summed E-state index contributed by atoms with van der Waals surface area (Å²) < 4.78 is 0. The third kappa shape index (κ3) is 3.76. The summed E-state index contributed by atoms with van der Waals surface area (Å²) in [6.07, 6.45) is 1.92. The maximum atomic E-state index is 6.29. The molecule has 0 spiro atoms. The van der Waals surface area contributed by atoms with E-state index in [1.807, 2.05) is 29.5 Å². The number of thiophene rings is 1. The summed E-state index contributed by atoms with van der Waals surface area (Å²) in [5, 5.41) is 7.25. The van der Waals surface area contributed by atoms with Gasteiger partial charge in [0.15, 0.2) is 0 Å². The van der Waals surface area contributed by atoms with Crippen LogP contribution in [-0.4, -0.2) is 6.54 Å². The van der Waals surface area contributed by atoms with Crippen LogP contribution in [0.2, 0.25) is 10.0 Å². The Morgan fingerprint density at radius 3 is 2.65 bits per heavy atom. The van der Waals surface area contributed by atoms with E-state index in [9.17, 15) is 0 Å². The van der Waals surface area contributed by atoms with Gasteiger partial charge < -0.3 is 5.32 Å². The number of rotatable bonds is 6. The Balaban J connectivity index is 2.27. The standard InChI is InChI=1S/C16H19Cl2NS/c1-3-11-7-8-20-16(11)15(19-4-2)10-12-9-13(17)5-6-14(12)18/h5-9,15,19H,3-4,10H2,1-2H3. The van der Waals surface area contributed by atoms with Crippen molar-refractivity contribution in [3.05, 3.63) is 55.7 Å². The second-order valence-electron chi connectivity index (χ2n) is 4.71. The first-order valence-corrected chi connectivity index (χ1v) is 8.52. The van der Waals surface area contributed by atoms with Gasteiger partial charge in [0.2, 0.25) is 0 Å². The van der Waals surface area contributed by atoms with Crippen molar-refractivity contribution in [2.75, 3.05) is 6.54 Å². The number of hydrogen-bond acceptors (Lipinski definition) is 2. The summed E-state index contributed by atoms with van der Waals surface area (Å²) in [5.74, 6) is 0. The summed E-state index contributed by atoms with van der Waals surface area (Å²) in [4.78, 5) is 1.41. The molecule has 1 aromatic heterocycles. The average molecular weight is 328 g/mol. The van der Waals surface area contributed by atoms with Gasteiger partial charge in [-0.25, -0.2) is 0 Å². The van der Waals surface area contributed by atoms with E-state index in [0.717, 1.165) is 35.0 Å². The van der Waals surface area contributed by atoms with Crippen LogP contribution < -0.4 is 5.32 Å². The second-order valence-corrected chi connectivity index (χ2v) is 6.51. The van der Waals surface area contributed by atoms with E-state index in [1.54, 1.807) is 0 Å². The summed E-state index contributed by atoms with van der Waals surface area (Å²) >= 11 is 14.2. The molecule has 0 saturated carbocycles. The van der Waals surface area contributed by atoms with Crippen LogP contribution in [0.5, 0.6) is 0 Å². The molecular formula is C16H19Cl2NS. The predicted molar refractivity (Wildman–Crippen MR) is 90.3 cm³/mol. The minimum atomic E-state index is 0.297. The van der Waals surface area contributed by atoms with E-state index in [0.29, 0.717) is 6.04 Å². The number of nitrogens with one attached hydrogen (secondary N) is 1. The molecule has 0 aliphatic heterocycles. The summed E-state index contributed by atoms with van der Waals surface area (Å²) in [6.45, 7) is 5.26. The summed E-state index contributed by atoms with van der Waals surface area (Å²) in [5.41, 5.74) is 2.51. The van der Waals surface area contributed by atoms with Crippen LogP contribution >= 0.6 is 34.5 Å². The SMILES string of the molecule is CCNC(Cc1cc(Cl)ccc1Cl)c1sccc1CC. The first kappa shape index (κ1) is 15.8. The second kappa shape index (κ2) is 7.46. The molecular weight excluding hydrogens is 309 g/mol. The van der Waals surface area contributed by atoms with Gasteiger partial charge in [-0.1, -0.05) is 37.0 Å². The molecule has 1 heterocycles. The summed E-state index contributed by atoms with van der Waals surface area (Å²) in [7, 11) is 0. The first-order chi connectivity index (χ1) is 9.65. The van der Waals surface area contributed by atoms with Crippen LogP contribution in [-0.2, 0) is 12.8 Å². The fraction of sp³-hybridized carbons (Fsp3) is 0.375. The number of aryl methyl sites for hydroxylation is 1. The van der Waals surface area contributed by atoms with Gasteiger partial charge in [0.1, 0.15) is 0 Å². The van der Waals surface area contributed by atoms with Gasteiger partial charge in [-0.15, -0.1) is 11.3 Å². The van der Waals surface area contributed by atoms with E-state index in [1.165, 1.54) is 10.4 Å². The highest BCUT2D eigenvalue weighted by Crippen LogP contribution is 2.31. The molecule has 1 nitrogen and oxygen atoms in total. The van der Waals surface area contributed by atoms with Crippen LogP contribution in [0.15, 0.2) is 29.6 Å². The van der Waals surface area contributed by atoms with E-state index in [-0.39, 0.29) is 0 Å². The van der Waals surface area contributed by atoms with Crippen molar-refractivity contribution in [1.82, 2.24) is 5.32 Å². The molecule has 0 aliphatic rings.